The third-order valence-electron chi connectivity index (χ3n) is 4.38. The van der Waals surface area contributed by atoms with Crippen LogP contribution in [0.4, 0.5) is 5.69 Å². The topological polar surface area (TPSA) is 94.3 Å². The summed E-state index contributed by atoms with van der Waals surface area (Å²) in [5.41, 5.74) is 6.98. The molecule has 0 aliphatic heterocycles. The van der Waals surface area contributed by atoms with E-state index in [0.717, 1.165) is 18.4 Å². The number of anilines is 1. The lowest BCUT2D eigenvalue weighted by Gasteiger charge is -2.35. The van der Waals surface area contributed by atoms with Gasteiger partial charge in [0, 0.05) is 12.6 Å². The van der Waals surface area contributed by atoms with E-state index in [9.17, 15) is 9.59 Å². The van der Waals surface area contributed by atoms with Crippen molar-refractivity contribution in [3.05, 3.63) is 24.0 Å². The Labute approximate surface area is 136 Å². The first-order chi connectivity index (χ1) is 10.9. The molecule has 1 aromatic heterocycles. The third kappa shape index (κ3) is 4.76. The summed E-state index contributed by atoms with van der Waals surface area (Å²) < 4.78 is 4.62. The first-order valence-electron chi connectivity index (χ1n) is 8.04. The van der Waals surface area contributed by atoms with Crippen molar-refractivity contribution in [2.45, 2.75) is 51.0 Å². The number of aryl methyl sites for hydroxylation is 1. The van der Waals surface area contributed by atoms with Crippen LogP contribution in [0.1, 0.15) is 44.6 Å². The van der Waals surface area contributed by atoms with E-state index in [1.165, 1.54) is 7.11 Å². The van der Waals surface area contributed by atoms with Crippen LogP contribution in [-0.2, 0) is 20.7 Å². The van der Waals surface area contributed by atoms with Gasteiger partial charge in [0.05, 0.1) is 24.5 Å². The summed E-state index contributed by atoms with van der Waals surface area (Å²) in [5.74, 6) is 0.0385. The van der Waals surface area contributed by atoms with Gasteiger partial charge < -0.3 is 15.8 Å². The SMILES string of the molecule is COC(=O)CCc1cncc(NC(=O)C2(N)CCCC(C)C2)c1. The van der Waals surface area contributed by atoms with Crippen LogP contribution in [0.25, 0.3) is 0 Å². The zero-order chi connectivity index (χ0) is 16.9. The van der Waals surface area contributed by atoms with Gasteiger partial charge in [-0.2, -0.15) is 0 Å². The van der Waals surface area contributed by atoms with E-state index in [0.29, 0.717) is 30.9 Å². The van der Waals surface area contributed by atoms with E-state index in [1.807, 2.05) is 6.07 Å². The summed E-state index contributed by atoms with van der Waals surface area (Å²) in [4.78, 5) is 27.8. The maximum atomic E-state index is 12.5. The highest BCUT2D eigenvalue weighted by Gasteiger charge is 2.37. The van der Waals surface area contributed by atoms with Gasteiger partial charge in [-0.15, -0.1) is 0 Å². The molecule has 0 saturated heterocycles. The average molecular weight is 319 g/mol. The molecule has 1 aromatic rings. The standard InChI is InChI=1S/C17H25N3O3/c1-12-4-3-7-17(18,9-12)16(22)20-14-8-13(10-19-11-14)5-6-15(21)23-2/h8,10-12H,3-7,9,18H2,1-2H3,(H,20,22). The van der Waals surface area contributed by atoms with Gasteiger partial charge in [0.25, 0.3) is 0 Å². The molecule has 3 N–H and O–H groups in total. The normalized spacial score (nSPS) is 24.0. The minimum atomic E-state index is -0.806. The Morgan fingerprint density at radius 3 is 2.96 bits per heavy atom. The van der Waals surface area contributed by atoms with Crippen molar-refractivity contribution >= 4 is 17.6 Å². The lowest BCUT2D eigenvalue weighted by atomic mass is 9.76. The second-order valence-electron chi connectivity index (χ2n) is 6.47. The van der Waals surface area contributed by atoms with Gasteiger partial charge in [0.1, 0.15) is 0 Å². The Hall–Kier alpha value is -1.95. The molecule has 0 spiro atoms. The Bertz CT molecular complexity index is 576. The molecule has 2 atom stereocenters. The number of aromatic nitrogens is 1. The van der Waals surface area contributed by atoms with Crippen LogP contribution in [0.5, 0.6) is 0 Å². The van der Waals surface area contributed by atoms with E-state index in [1.54, 1.807) is 12.4 Å². The van der Waals surface area contributed by atoms with Gasteiger partial charge in [0.15, 0.2) is 0 Å². The molecule has 23 heavy (non-hydrogen) atoms. The van der Waals surface area contributed by atoms with Crippen LogP contribution in [0.3, 0.4) is 0 Å². The monoisotopic (exact) mass is 319 g/mol. The Morgan fingerprint density at radius 1 is 1.48 bits per heavy atom. The van der Waals surface area contributed by atoms with E-state index in [2.05, 4.69) is 22.0 Å². The minimum absolute atomic E-state index is 0.157. The number of nitrogens with zero attached hydrogens (tertiary/aromatic N) is 1. The molecule has 126 valence electrons. The predicted octanol–water partition coefficient (Wildman–Crippen LogP) is 2.03. The maximum absolute atomic E-state index is 12.5. The Balaban J connectivity index is 1.99. The fourth-order valence-corrected chi connectivity index (χ4v) is 3.09. The minimum Gasteiger partial charge on any atom is -0.469 e. The van der Waals surface area contributed by atoms with Gasteiger partial charge in [0.2, 0.25) is 5.91 Å². The van der Waals surface area contributed by atoms with E-state index < -0.39 is 5.54 Å². The molecule has 0 radical (unpaired) electrons. The quantitative estimate of drug-likeness (QED) is 0.810. The van der Waals surface area contributed by atoms with Crippen molar-refractivity contribution in [3.8, 4) is 0 Å². The molecule has 1 aliphatic carbocycles. The van der Waals surface area contributed by atoms with E-state index in [4.69, 9.17) is 5.73 Å². The van der Waals surface area contributed by atoms with Crippen LogP contribution in [-0.4, -0.2) is 29.5 Å². The van der Waals surface area contributed by atoms with Crippen LogP contribution in [0.2, 0.25) is 0 Å². The highest BCUT2D eigenvalue weighted by atomic mass is 16.5. The fraction of sp³-hybridized carbons (Fsp3) is 0.588. The number of hydrogen-bond donors (Lipinski definition) is 2. The Kier molecular flexibility index (Phi) is 5.71. The molecule has 1 fully saturated rings. The number of carbonyl (C=O) groups is 2. The van der Waals surface area contributed by atoms with Crippen LogP contribution in [0.15, 0.2) is 18.5 Å². The summed E-state index contributed by atoms with van der Waals surface area (Å²) in [6, 6.07) is 1.82. The number of methoxy groups -OCH3 is 1. The van der Waals surface area contributed by atoms with Crippen molar-refractivity contribution in [3.63, 3.8) is 0 Å². The van der Waals surface area contributed by atoms with Gasteiger partial charge in [-0.3, -0.25) is 14.6 Å². The number of ether oxygens (including phenoxy) is 1. The summed E-state index contributed by atoms with van der Waals surface area (Å²) in [6.45, 7) is 2.13. The molecular formula is C17H25N3O3. The smallest absolute Gasteiger partial charge is 0.305 e. The average Bonchev–Trinajstić information content (AvgIpc) is 2.52. The molecule has 2 rings (SSSR count). The molecule has 6 nitrogen and oxygen atoms in total. The maximum Gasteiger partial charge on any atom is 0.305 e. The zero-order valence-corrected chi connectivity index (χ0v) is 13.8. The lowest BCUT2D eigenvalue weighted by Crippen LogP contribution is -2.53. The van der Waals surface area contributed by atoms with Crippen molar-refractivity contribution in [1.82, 2.24) is 4.98 Å². The van der Waals surface area contributed by atoms with Gasteiger partial charge in [-0.1, -0.05) is 19.8 Å². The number of pyridine rings is 1. The summed E-state index contributed by atoms with van der Waals surface area (Å²) in [7, 11) is 1.36. The van der Waals surface area contributed by atoms with Crippen LogP contribution in [0, 0.1) is 5.92 Å². The second-order valence-corrected chi connectivity index (χ2v) is 6.47. The first kappa shape index (κ1) is 17.4. The molecule has 1 saturated carbocycles. The number of esters is 1. The largest absolute Gasteiger partial charge is 0.469 e. The van der Waals surface area contributed by atoms with Crippen LogP contribution >= 0.6 is 0 Å². The van der Waals surface area contributed by atoms with Crippen molar-refractivity contribution < 1.29 is 14.3 Å². The molecule has 1 aliphatic rings. The van der Waals surface area contributed by atoms with Gasteiger partial charge >= 0.3 is 5.97 Å². The van der Waals surface area contributed by atoms with Crippen molar-refractivity contribution in [2.75, 3.05) is 12.4 Å². The highest BCUT2D eigenvalue weighted by molar-refractivity contribution is 5.98. The molecular weight excluding hydrogens is 294 g/mol. The van der Waals surface area contributed by atoms with E-state index >= 15 is 0 Å². The van der Waals surface area contributed by atoms with Gasteiger partial charge in [-0.05, 0) is 36.8 Å². The molecule has 2 unspecified atom stereocenters. The van der Waals surface area contributed by atoms with Crippen molar-refractivity contribution in [1.29, 1.82) is 0 Å². The van der Waals surface area contributed by atoms with E-state index in [-0.39, 0.29) is 18.3 Å². The number of rotatable bonds is 5. The lowest BCUT2D eigenvalue weighted by molar-refractivity contribution is -0.140. The number of amides is 1. The molecule has 1 amide bonds. The zero-order valence-electron chi connectivity index (χ0n) is 13.8. The first-order valence-corrected chi connectivity index (χ1v) is 8.04. The molecule has 0 aromatic carbocycles. The third-order valence-corrected chi connectivity index (χ3v) is 4.38. The fourth-order valence-electron chi connectivity index (χ4n) is 3.09. The number of nitrogens with two attached hydrogens (primary N) is 1. The molecule has 0 bridgehead atoms. The molecule has 6 heteroatoms. The van der Waals surface area contributed by atoms with Gasteiger partial charge in [-0.25, -0.2) is 0 Å². The predicted molar refractivity (Wildman–Crippen MR) is 87.8 cm³/mol. The summed E-state index contributed by atoms with van der Waals surface area (Å²) in [6.07, 6.45) is 7.59. The highest BCUT2D eigenvalue weighted by Crippen LogP contribution is 2.31. The summed E-state index contributed by atoms with van der Waals surface area (Å²) >= 11 is 0. The Morgan fingerprint density at radius 2 is 2.26 bits per heavy atom. The number of carbonyl (C=O) groups excluding carboxylic acids is 2. The number of nitrogens with one attached hydrogen (secondary N) is 1. The molecule has 1 heterocycles. The number of hydrogen-bond acceptors (Lipinski definition) is 5. The second kappa shape index (κ2) is 7.55. The van der Waals surface area contributed by atoms with Crippen LogP contribution < -0.4 is 11.1 Å². The summed E-state index contributed by atoms with van der Waals surface area (Å²) in [5, 5.41) is 2.87. The van der Waals surface area contributed by atoms with Crippen molar-refractivity contribution in [2.24, 2.45) is 11.7 Å².